The van der Waals surface area contributed by atoms with E-state index >= 15 is 0 Å². The van der Waals surface area contributed by atoms with E-state index in [1.165, 1.54) is 4.68 Å². The number of ether oxygens (including phenoxy) is 1. The molecule has 3 aromatic heterocycles. The van der Waals surface area contributed by atoms with E-state index in [0.717, 1.165) is 28.1 Å². The second kappa shape index (κ2) is 8.25. The Morgan fingerprint density at radius 2 is 2.12 bits per heavy atom. The Bertz CT molecular complexity index is 1310. The third-order valence-corrected chi connectivity index (χ3v) is 6.23. The molecule has 5 rings (SSSR count). The third kappa shape index (κ3) is 3.59. The van der Waals surface area contributed by atoms with Crippen molar-refractivity contribution >= 4 is 10.9 Å². The Morgan fingerprint density at radius 1 is 1.25 bits per heavy atom. The molecule has 0 amide bonds. The van der Waals surface area contributed by atoms with Crippen molar-refractivity contribution in [1.29, 1.82) is 0 Å². The third-order valence-electron chi connectivity index (χ3n) is 6.23. The fourth-order valence-corrected chi connectivity index (χ4v) is 4.15. The molecule has 9 heteroatoms. The monoisotopic (exact) mass is 432 g/mol. The molecule has 0 aliphatic carbocycles. The minimum absolute atomic E-state index is 0.244. The van der Waals surface area contributed by atoms with E-state index in [2.05, 4.69) is 20.3 Å². The zero-order valence-electron chi connectivity index (χ0n) is 18.0. The molecule has 0 saturated carbocycles. The van der Waals surface area contributed by atoms with Gasteiger partial charge in [-0.2, -0.15) is 0 Å². The number of nitrogens with zero attached hydrogens (tertiary/aromatic N) is 6. The van der Waals surface area contributed by atoms with Gasteiger partial charge < -0.3 is 9.84 Å². The Morgan fingerprint density at radius 3 is 2.84 bits per heavy atom. The Hall–Kier alpha value is -3.43. The molecule has 1 aliphatic rings. The van der Waals surface area contributed by atoms with E-state index in [1.54, 1.807) is 12.5 Å². The van der Waals surface area contributed by atoms with Gasteiger partial charge in [-0.1, -0.05) is 11.3 Å². The first kappa shape index (κ1) is 20.5. The molecule has 164 valence electrons. The van der Waals surface area contributed by atoms with Crippen LogP contribution in [0.1, 0.15) is 34.7 Å². The smallest absolute Gasteiger partial charge is 0.278 e. The zero-order valence-corrected chi connectivity index (χ0v) is 18.0. The summed E-state index contributed by atoms with van der Waals surface area (Å²) in [4.78, 5) is 21.9. The SMILES string of the molecule is Cc1c(Cc2ccc(-n3ccnc3)nc2)cc2c(=O)n([C@@H]3COCC[C@H]3O)nnc2c1C. The summed E-state index contributed by atoms with van der Waals surface area (Å²) in [6.45, 7) is 4.71. The van der Waals surface area contributed by atoms with Gasteiger partial charge in [0.25, 0.3) is 5.56 Å². The summed E-state index contributed by atoms with van der Waals surface area (Å²) in [6, 6.07) is 5.34. The Labute approximate surface area is 184 Å². The van der Waals surface area contributed by atoms with Gasteiger partial charge in [0, 0.05) is 25.2 Å². The summed E-state index contributed by atoms with van der Waals surface area (Å²) >= 11 is 0. The molecule has 1 aliphatic heterocycles. The average Bonchev–Trinajstić information content (AvgIpc) is 3.34. The highest BCUT2D eigenvalue weighted by atomic mass is 16.5. The number of hydrogen-bond acceptors (Lipinski definition) is 7. The van der Waals surface area contributed by atoms with E-state index in [9.17, 15) is 9.90 Å². The van der Waals surface area contributed by atoms with Gasteiger partial charge in [0.15, 0.2) is 0 Å². The highest BCUT2D eigenvalue weighted by Crippen LogP contribution is 2.25. The number of benzene rings is 1. The molecule has 4 heterocycles. The van der Waals surface area contributed by atoms with Crippen LogP contribution in [0.5, 0.6) is 0 Å². The van der Waals surface area contributed by atoms with E-state index in [0.29, 0.717) is 30.4 Å². The number of hydrogen-bond donors (Lipinski definition) is 1. The maximum atomic E-state index is 13.3. The first-order valence-corrected chi connectivity index (χ1v) is 10.6. The van der Waals surface area contributed by atoms with Gasteiger partial charge in [-0.3, -0.25) is 9.36 Å². The molecule has 1 saturated heterocycles. The summed E-state index contributed by atoms with van der Waals surface area (Å²) in [5.41, 5.74) is 4.40. The van der Waals surface area contributed by atoms with Gasteiger partial charge in [0.1, 0.15) is 23.7 Å². The van der Waals surface area contributed by atoms with Crippen molar-refractivity contribution in [2.24, 2.45) is 0 Å². The number of rotatable bonds is 4. The Kier molecular flexibility index (Phi) is 5.28. The number of fused-ring (bicyclic) bond motifs is 1. The van der Waals surface area contributed by atoms with Crippen LogP contribution < -0.4 is 5.56 Å². The summed E-state index contributed by atoms with van der Waals surface area (Å²) in [5.74, 6) is 0.795. The maximum absolute atomic E-state index is 13.3. The van der Waals surface area contributed by atoms with Crippen LogP contribution in [0.4, 0.5) is 0 Å². The second-order valence-corrected chi connectivity index (χ2v) is 8.19. The predicted octanol–water partition coefficient (Wildman–Crippen LogP) is 1.90. The number of aryl methyl sites for hydroxylation is 1. The molecule has 1 aromatic carbocycles. The fourth-order valence-electron chi connectivity index (χ4n) is 4.15. The predicted molar refractivity (Wildman–Crippen MR) is 118 cm³/mol. The highest BCUT2D eigenvalue weighted by molar-refractivity contribution is 5.82. The lowest BCUT2D eigenvalue weighted by molar-refractivity contribution is -0.0352. The van der Waals surface area contributed by atoms with Gasteiger partial charge in [0.2, 0.25) is 0 Å². The molecule has 0 spiro atoms. The minimum atomic E-state index is -0.681. The highest BCUT2D eigenvalue weighted by Gasteiger charge is 2.28. The molecule has 1 N–H and O–H groups in total. The zero-order chi connectivity index (χ0) is 22.2. The van der Waals surface area contributed by atoms with Crippen molar-refractivity contribution in [3.05, 3.63) is 75.7 Å². The molecule has 0 radical (unpaired) electrons. The first-order chi connectivity index (χ1) is 15.5. The van der Waals surface area contributed by atoms with Crippen LogP contribution in [0.2, 0.25) is 0 Å². The lowest BCUT2D eigenvalue weighted by Crippen LogP contribution is -2.41. The van der Waals surface area contributed by atoms with Crippen molar-refractivity contribution in [2.45, 2.75) is 38.8 Å². The molecule has 4 aromatic rings. The molecular formula is C23H24N6O3. The molecular weight excluding hydrogens is 408 g/mol. The molecule has 0 bridgehead atoms. The number of aliphatic hydroxyl groups is 1. The molecule has 32 heavy (non-hydrogen) atoms. The van der Waals surface area contributed by atoms with E-state index < -0.39 is 12.1 Å². The standard InChI is InChI=1S/C23H24N6O3/c1-14-15(2)22-18(23(31)29(27-26-22)19-12-32-8-5-20(19)30)10-17(14)9-16-3-4-21(25-11-16)28-7-6-24-13-28/h3-4,6-7,10-11,13,19-20,30H,5,8-9,12H2,1-2H3/t19-,20-/m1/s1. The summed E-state index contributed by atoms with van der Waals surface area (Å²) in [6.07, 6.45) is 7.53. The summed E-state index contributed by atoms with van der Waals surface area (Å²) in [5, 5.41) is 19.3. The molecule has 2 atom stereocenters. The topological polar surface area (TPSA) is 108 Å². The van der Waals surface area contributed by atoms with Crippen molar-refractivity contribution in [3.8, 4) is 5.82 Å². The summed E-state index contributed by atoms with van der Waals surface area (Å²) < 4.78 is 8.57. The number of pyridine rings is 1. The molecule has 9 nitrogen and oxygen atoms in total. The van der Waals surface area contributed by atoms with Gasteiger partial charge in [-0.05, 0) is 61.1 Å². The number of aromatic nitrogens is 6. The molecule has 1 fully saturated rings. The van der Waals surface area contributed by atoms with Crippen LogP contribution in [0.25, 0.3) is 16.7 Å². The van der Waals surface area contributed by atoms with Crippen LogP contribution >= 0.6 is 0 Å². The quantitative estimate of drug-likeness (QED) is 0.525. The van der Waals surface area contributed by atoms with Gasteiger partial charge in [-0.15, -0.1) is 5.10 Å². The number of aliphatic hydroxyl groups excluding tert-OH is 1. The first-order valence-electron chi connectivity index (χ1n) is 10.6. The van der Waals surface area contributed by atoms with Crippen LogP contribution in [-0.4, -0.2) is 54.0 Å². The van der Waals surface area contributed by atoms with Crippen LogP contribution in [0.3, 0.4) is 0 Å². The number of imidazole rings is 1. The fraction of sp³-hybridized carbons (Fsp3) is 0.348. The normalized spacial score (nSPS) is 18.8. The van der Waals surface area contributed by atoms with E-state index in [1.807, 2.05) is 49.0 Å². The van der Waals surface area contributed by atoms with Crippen LogP contribution in [0.15, 0.2) is 47.9 Å². The van der Waals surface area contributed by atoms with E-state index in [-0.39, 0.29) is 12.2 Å². The maximum Gasteiger partial charge on any atom is 0.278 e. The minimum Gasteiger partial charge on any atom is -0.391 e. The second-order valence-electron chi connectivity index (χ2n) is 8.19. The Balaban J connectivity index is 1.52. The summed E-state index contributed by atoms with van der Waals surface area (Å²) in [7, 11) is 0. The average molecular weight is 432 g/mol. The lowest BCUT2D eigenvalue weighted by atomic mass is 9.95. The van der Waals surface area contributed by atoms with Crippen LogP contribution in [0, 0.1) is 13.8 Å². The van der Waals surface area contributed by atoms with Crippen molar-refractivity contribution in [2.75, 3.05) is 13.2 Å². The van der Waals surface area contributed by atoms with E-state index in [4.69, 9.17) is 4.74 Å². The van der Waals surface area contributed by atoms with Gasteiger partial charge in [0.05, 0.1) is 18.1 Å². The van der Waals surface area contributed by atoms with Crippen LogP contribution in [-0.2, 0) is 11.2 Å². The van der Waals surface area contributed by atoms with Gasteiger partial charge in [-0.25, -0.2) is 14.6 Å². The lowest BCUT2D eigenvalue weighted by Gasteiger charge is -2.27. The largest absolute Gasteiger partial charge is 0.391 e. The van der Waals surface area contributed by atoms with Crippen molar-refractivity contribution in [1.82, 2.24) is 29.5 Å². The van der Waals surface area contributed by atoms with Crippen molar-refractivity contribution < 1.29 is 9.84 Å². The van der Waals surface area contributed by atoms with Crippen molar-refractivity contribution in [3.63, 3.8) is 0 Å². The molecule has 0 unspecified atom stereocenters. The van der Waals surface area contributed by atoms with Gasteiger partial charge >= 0.3 is 0 Å².